The molecular weight excluding hydrogens is 500 g/mol. The Morgan fingerprint density at radius 3 is 2.54 bits per heavy atom. The number of aromatic hydroxyl groups is 1. The average Bonchev–Trinajstić information content (AvgIpc) is 2.89. The van der Waals surface area contributed by atoms with Crippen molar-refractivity contribution in [3.8, 4) is 5.75 Å². The topological polar surface area (TPSA) is 149 Å². The summed E-state index contributed by atoms with van der Waals surface area (Å²) in [5.41, 5.74) is 3.67. The van der Waals surface area contributed by atoms with Crippen LogP contribution >= 0.6 is 11.6 Å². The number of hydrogen-bond acceptors (Lipinski definition) is 7. The van der Waals surface area contributed by atoms with Gasteiger partial charge in [-0.1, -0.05) is 29.8 Å². The zero-order valence-corrected chi connectivity index (χ0v) is 20.3. The van der Waals surface area contributed by atoms with Gasteiger partial charge in [0.25, 0.3) is 17.7 Å². The van der Waals surface area contributed by atoms with Gasteiger partial charge in [-0.3, -0.25) is 24.2 Å². The third-order valence-corrected chi connectivity index (χ3v) is 5.36. The number of rotatable bonds is 9. The standard InChI is InChI=1S/C26H23ClN4O6/c1-16(26(36)37)30-31(23(33)10-7-17-5-3-11-28-14-17)25(35)21-9-8-19(13-22(21)27)24(34)29-15-18-4-2-6-20(32)12-18/h2-14,16,30,32H,15H2,1H3,(H,29,34)(H,36,37)/t16-/m0/s1. The Hall–Kier alpha value is -4.54. The molecule has 3 rings (SSSR count). The van der Waals surface area contributed by atoms with Crippen molar-refractivity contribution in [3.63, 3.8) is 0 Å². The second-order valence-corrected chi connectivity index (χ2v) is 8.24. The number of imide groups is 1. The van der Waals surface area contributed by atoms with Crippen molar-refractivity contribution in [1.29, 1.82) is 0 Å². The number of hydrogen-bond donors (Lipinski definition) is 4. The molecule has 0 saturated heterocycles. The van der Waals surface area contributed by atoms with Crippen molar-refractivity contribution in [1.82, 2.24) is 20.7 Å². The van der Waals surface area contributed by atoms with Gasteiger partial charge in [-0.25, -0.2) is 10.4 Å². The first-order chi connectivity index (χ1) is 17.7. The minimum Gasteiger partial charge on any atom is -0.508 e. The number of amides is 3. The van der Waals surface area contributed by atoms with E-state index in [4.69, 9.17) is 11.6 Å². The average molecular weight is 523 g/mol. The van der Waals surface area contributed by atoms with E-state index < -0.39 is 29.7 Å². The third kappa shape index (κ3) is 7.47. The number of aliphatic carboxylic acids is 1. The Morgan fingerprint density at radius 2 is 1.89 bits per heavy atom. The van der Waals surface area contributed by atoms with Gasteiger partial charge < -0.3 is 15.5 Å². The summed E-state index contributed by atoms with van der Waals surface area (Å²) in [6.07, 6.45) is 5.58. The van der Waals surface area contributed by atoms with E-state index in [9.17, 15) is 29.4 Å². The number of carboxylic acids is 1. The number of hydrazine groups is 1. The van der Waals surface area contributed by atoms with Gasteiger partial charge in [-0.05, 0) is 60.5 Å². The number of carboxylic acid groups (broad SMARTS) is 1. The monoisotopic (exact) mass is 522 g/mol. The number of nitrogens with zero attached hydrogens (tertiary/aromatic N) is 2. The van der Waals surface area contributed by atoms with Crippen LogP contribution in [0.3, 0.4) is 0 Å². The van der Waals surface area contributed by atoms with Gasteiger partial charge in [-0.2, -0.15) is 0 Å². The molecule has 1 aromatic heterocycles. The molecule has 3 aromatic rings. The summed E-state index contributed by atoms with van der Waals surface area (Å²) in [6.45, 7) is 1.41. The fourth-order valence-electron chi connectivity index (χ4n) is 3.09. The Labute approximate surface area is 217 Å². The highest BCUT2D eigenvalue weighted by molar-refractivity contribution is 6.34. The van der Waals surface area contributed by atoms with Gasteiger partial charge >= 0.3 is 5.97 Å². The first kappa shape index (κ1) is 27.1. The fraction of sp³-hybridized carbons (Fsp3) is 0.115. The molecule has 0 aliphatic carbocycles. The van der Waals surface area contributed by atoms with E-state index in [1.807, 2.05) is 0 Å². The lowest BCUT2D eigenvalue weighted by molar-refractivity contribution is -0.141. The van der Waals surface area contributed by atoms with E-state index in [-0.39, 0.29) is 28.4 Å². The summed E-state index contributed by atoms with van der Waals surface area (Å²) in [5, 5.41) is 21.9. The van der Waals surface area contributed by atoms with E-state index >= 15 is 0 Å². The van der Waals surface area contributed by atoms with Gasteiger partial charge in [0.2, 0.25) is 0 Å². The number of nitrogens with one attached hydrogen (secondary N) is 2. The molecule has 0 bridgehead atoms. The molecule has 1 heterocycles. The summed E-state index contributed by atoms with van der Waals surface area (Å²) in [7, 11) is 0. The van der Waals surface area contributed by atoms with Gasteiger partial charge in [-0.15, -0.1) is 0 Å². The van der Waals surface area contributed by atoms with Crippen LogP contribution in [0.5, 0.6) is 5.75 Å². The van der Waals surface area contributed by atoms with Crippen molar-refractivity contribution in [3.05, 3.63) is 100 Å². The van der Waals surface area contributed by atoms with Crippen molar-refractivity contribution in [2.45, 2.75) is 19.5 Å². The van der Waals surface area contributed by atoms with Gasteiger partial charge in [0.05, 0.1) is 10.6 Å². The molecule has 11 heteroatoms. The van der Waals surface area contributed by atoms with Gasteiger partial charge in [0.15, 0.2) is 0 Å². The minimum absolute atomic E-state index is 0.0675. The quantitative estimate of drug-likeness (QED) is 0.247. The zero-order chi connectivity index (χ0) is 26.9. The molecule has 0 unspecified atom stereocenters. The summed E-state index contributed by atoms with van der Waals surface area (Å²) in [6, 6.07) is 12.4. The molecule has 1 atom stereocenters. The Kier molecular flexibility index (Phi) is 9.09. The molecular formula is C26H23ClN4O6. The van der Waals surface area contributed by atoms with Crippen molar-refractivity contribution in [2.24, 2.45) is 0 Å². The predicted octanol–water partition coefficient (Wildman–Crippen LogP) is 3.03. The number of halogens is 1. The first-order valence-corrected chi connectivity index (χ1v) is 11.3. The Balaban J connectivity index is 1.79. The molecule has 2 aromatic carbocycles. The van der Waals surface area contributed by atoms with Crippen LogP contribution in [-0.4, -0.2) is 49.9 Å². The molecule has 37 heavy (non-hydrogen) atoms. The van der Waals surface area contributed by atoms with Crippen LogP contribution in [0.2, 0.25) is 5.02 Å². The summed E-state index contributed by atoms with van der Waals surface area (Å²) in [4.78, 5) is 53.9. The highest BCUT2D eigenvalue weighted by Crippen LogP contribution is 2.20. The number of benzene rings is 2. The summed E-state index contributed by atoms with van der Waals surface area (Å²) in [5.74, 6) is -3.45. The molecule has 0 saturated carbocycles. The van der Waals surface area contributed by atoms with Gasteiger partial charge in [0.1, 0.15) is 11.8 Å². The molecule has 190 valence electrons. The maximum absolute atomic E-state index is 13.2. The first-order valence-electron chi connectivity index (χ1n) is 11.0. The number of carbonyl (C=O) groups excluding carboxylic acids is 3. The van der Waals surface area contributed by atoms with E-state index in [1.165, 1.54) is 49.5 Å². The van der Waals surface area contributed by atoms with E-state index in [1.54, 1.807) is 30.5 Å². The SMILES string of the molecule is C[C@H](NN(C(=O)C=Cc1cccnc1)C(=O)c1ccc(C(=O)NCc2cccc(O)c2)cc1Cl)C(=O)O. The summed E-state index contributed by atoms with van der Waals surface area (Å²) >= 11 is 6.28. The van der Waals surface area contributed by atoms with E-state index in [0.717, 1.165) is 6.08 Å². The number of aromatic nitrogens is 1. The normalized spacial score (nSPS) is 11.6. The molecule has 0 fully saturated rings. The molecule has 0 spiro atoms. The maximum atomic E-state index is 13.2. The number of phenols is 1. The molecule has 4 N–H and O–H groups in total. The van der Waals surface area contributed by atoms with Crippen LogP contribution in [0.25, 0.3) is 6.08 Å². The van der Waals surface area contributed by atoms with Crippen LogP contribution in [0.1, 0.15) is 38.8 Å². The van der Waals surface area contributed by atoms with Crippen molar-refractivity contribution >= 4 is 41.4 Å². The molecule has 0 radical (unpaired) electrons. The van der Waals surface area contributed by atoms with Crippen LogP contribution in [0, 0.1) is 0 Å². The second kappa shape index (κ2) is 12.4. The molecule has 0 aliphatic heterocycles. The van der Waals surface area contributed by atoms with Gasteiger partial charge in [0, 0.05) is 30.6 Å². The van der Waals surface area contributed by atoms with Crippen LogP contribution in [0.15, 0.2) is 73.1 Å². The van der Waals surface area contributed by atoms with Crippen LogP contribution in [-0.2, 0) is 16.1 Å². The largest absolute Gasteiger partial charge is 0.508 e. The lowest BCUT2D eigenvalue weighted by atomic mass is 10.1. The highest BCUT2D eigenvalue weighted by atomic mass is 35.5. The third-order valence-electron chi connectivity index (χ3n) is 5.04. The van der Waals surface area contributed by atoms with E-state index in [2.05, 4.69) is 15.7 Å². The molecule has 3 amide bonds. The predicted molar refractivity (Wildman–Crippen MR) is 135 cm³/mol. The number of phenolic OH excluding ortho intramolecular Hbond substituents is 1. The number of carbonyl (C=O) groups is 4. The highest BCUT2D eigenvalue weighted by Gasteiger charge is 2.27. The molecule has 10 nitrogen and oxygen atoms in total. The maximum Gasteiger partial charge on any atom is 0.322 e. The zero-order valence-electron chi connectivity index (χ0n) is 19.6. The Bertz CT molecular complexity index is 1350. The smallest absolute Gasteiger partial charge is 0.322 e. The van der Waals surface area contributed by atoms with Crippen LogP contribution < -0.4 is 10.7 Å². The second-order valence-electron chi connectivity index (χ2n) is 7.83. The van der Waals surface area contributed by atoms with E-state index in [0.29, 0.717) is 16.1 Å². The summed E-state index contributed by atoms with van der Waals surface area (Å²) < 4.78 is 0. The van der Waals surface area contributed by atoms with Crippen molar-refractivity contribution < 1.29 is 29.4 Å². The number of pyridine rings is 1. The molecule has 0 aliphatic rings. The van der Waals surface area contributed by atoms with Crippen molar-refractivity contribution in [2.75, 3.05) is 0 Å². The minimum atomic E-state index is -1.29. The lowest BCUT2D eigenvalue weighted by Crippen LogP contribution is -2.52. The van der Waals surface area contributed by atoms with Crippen LogP contribution in [0.4, 0.5) is 0 Å². The lowest BCUT2D eigenvalue weighted by Gasteiger charge is -2.23. The fourth-order valence-corrected chi connectivity index (χ4v) is 3.35. The Morgan fingerprint density at radius 1 is 1.11 bits per heavy atom.